The molecule has 7 heteroatoms. The Morgan fingerprint density at radius 3 is 2.17 bits per heavy atom. The Morgan fingerprint density at radius 1 is 0.862 bits per heavy atom. The second-order valence-electron chi connectivity index (χ2n) is 6.19. The summed E-state index contributed by atoms with van der Waals surface area (Å²) in [5, 5.41) is 7.44. The summed E-state index contributed by atoms with van der Waals surface area (Å²) in [6, 6.07) is 18.8. The molecular weight excluding hydrogens is 393 g/mol. The molecule has 3 aromatic carbocycles. The number of benzene rings is 3. The van der Waals surface area contributed by atoms with E-state index in [1.165, 1.54) is 24.3 Å². The summed E-state index contributed by atoms with van der Waals surface area (Å²) in [5.74, 6) is -1.13. The fourth-order valence-corrected chi connectivity index (χ4v) is 2.62. The third-order valence-electron chi connectivity index (χ3n) is 4.08. The highest BCUT2D eigenvalue weighted by Gasteiger charge is 2.08. The first kappa shape index (κ1) is 20.2. The molecule has 3 aromatic rings. The van der Waals surface area contributed by atoms with Gasteiger partial charge in [-0.1, -0.05) is 23.7 Å². The summed E-state index contributed by atoms with van der Waals surface area (Å²) >= 11 is 5.84. The van der Waals surface area contributed by atoms with Crippen molar-refractivity contribution in [3.8, 4) is 0 Å². The van der Waals surface area contributed by atoms with Gasteiger partial charge in [0.05, 0.1) is 5.71 Å². The Morgan fingerprint density at radius 2 is 1.48 bits per heavy atom. The molecule has 0 saturated heterocycles. The normalized spacial score (nSPS) is 11.1. The van der Waals surface area contributed by atoms with Crippen molar-refractivity contribution in [1.29, 1.82) is 0 Å². The molecule has 0 saturated carbocycles. The highest BCUT2D eigenvalue weighted by Crippen LogP contribution is 2.15. The lowest BCUT2D eigenvalue weighted by molar-refractivity contribution is 0.0954. The molecule has 0 heterocycles. The lowest BCUT2D eigenvalue weighted by Gasteiger charge is -2.08. The summed E-state index contributed by atoms with van der Waals surface area (Å²) in [6.45, 7) is 1.73. The fraction of sp³-hybridized carbons (Fsp3) is 0.0455. The Kier molecular flexibility index (Phi) is 6.36. The first-order chi connectivity index (χ1) is 13.9. The third-order valence-corrected chi connectivity index (χ3v) is 4.33. The van der Waals surface area contributed by atoms with Crippen LogP contribution in [0.4, 0.5) is 10.1 Å². The number of rotatable bonds is 5. The number of hydrazone groups is 1. The van der Waals surface area contributed by atoms with Crippen LogP contribution in [0.3, 0.4) is 0 Å². The molecule has 0 aliphatic heterocycles. The molecular formula is C22H17ClFN3O2. The van der Waals surface area contributed by atoms with Crippen molar-refractivity contribution in [3.05, 3.63) is 100 Å². The highest BCUT2D eigenvalue weighted by atomic mass is 35.5. The molecule has 0 bridgehead atoms. The second kappa shape index (κ2) is 9.12. The van der Waals surface area contributed by atoms with Crippen LogP contribution in [0.1, 0.15) is 33.2 Å². The average molecular weight is 410 g/mol. The molecule has 0 aromatic heterocycles. The molecule has 2 amide bonds. The maximum atomic E-state index is 12.9. The number of anilines is 1. The van der Waals surface area contributed by atoms with Crippen LogP contribution < -0.4 is 10.7 Å². The number of carbonyl (C=O) groups is 2. The van der Waals surface area contributed by atoms with Gasteiger partial charge in [0.25, 0.3) is 11.8 Å². The SMILES string of the molecule is C/C(=N/NC(=O)c1ccc(F)cc1)c1cccc(NC(=O)c2ccc(Cl)cc2)c1. The minimum atomic E-state index is -0.448. The zero-order valence-corrected chi connectivity index (χ0v) is 16.2. The van der Waals surface area contributed by atoms with Crippen LogP contribution in [0.2, 0.25) is 5.02 Å². The van der Waals surface area contributed by atoms with E-state index in [9.17, 15) is 14.0 Å². The van der Waals surface area contributed by atoms with Crippen LogP contribution in [0.5, 0.6) is 0 Å². The molecule has 2 N–H and O–H groups in total. The predicted octanol–water partition coefficient (Wildman–Crippen LogP) is 4.89. The third kappa shape index (κ3) is 5.49. The molecule has 0 aliphatic carbocycles. The topological polar surface area (TPSA) is 70.6 Å². The minimum absolute atomic E-state index is 0.266. The summed E-state index contributed by atoms with van der Waals surface area (Å²) in [6.07, 6.45) is 0. The number of amides is 2. The van der Waals surface area contributed by atoms with E-state index in [0.29, 0.717) is 27.5 Å². The molecule has 29 heavy (non-hydrogen) atoms. The predicted molar refractivity (Wildman–Crippen MR) is 112 cm³/mol. The van der Waals surface area contributed by atoms with Gasteiger partial charge in [-0.2, -0.15) is 5.10 Å². The van der Waals surface area contributed by atoms with Crippen molar-refractivity contribution in [1.82, 2.24) is 5.43 Å². The zero-order chi connectivity index (χ0) is 20.8. The van der Waals surface area contributed by atoms with Crippen LogP contribution in [0.15, 0.2) is 77.9 Å². The highest BCUT2D eigenvalue weighted by molar-refractivity contribution is 6.30. The molecule has 0 fully saturated rings. The molecule has 0 aliphatic rings. The van der Waals surface area contributed by atoms with Crippen LogP contribution >= 0.6 is 11.6 Å². The smallest absolute Gasteiger partial charge is 0.271 e. The van der Waals surface area contributed by atoms with Gasteiger partial charge in [0, 0.05) is 21.8 Å². The summed E-state index contributed by atoms with van der Waals surface area (Å²) in [7, 11) is 0. The van der Waals surface area contributed by atoms with Gasteiger partial charge in [0.2, 0.25) is 0 Å². The monoisotopic (exact) mass is 409 g/mol. The first-order valence-electron chi connectivity index (χ1n) is 8.70. The zero-order valence-electron chi connectivity index (χ0n) is 15.4. The van der Waals surface area contributed by atoms with Crippen molar-refractivity contribution >= 4 is 34.8 Å². The summed E-state index contributed by atoms with van der Waals surface area (Å²) in [5.41, 5.74) is 5.07. The Hall–Kier alpha value is -3.51. The maximum absolute atomic E-state index is 12.9. The Balaban J connectivity index is 1.68. The number of nitrogens with one attached hydrogen (secondary N) is 2. The maximum Gasteiger partial charge on any atom is 0.271 e. The van der Waals surface area contributed by atoms with Crippen molar-refractivity contribution in [2.75, 3.05) is 5.32 Å². The molecule has 0 radical (unpaired) electrons. The van der Waals surface area contributed by atoms with Crippen LogP contribution in [0.25, 0.3) is 0 Å². The largest absolute Gasteiger partial charge is 0.322 e. The van der Waals surface area contributed by atoms with E-state index >= 15 is 0 Å². The number of hydrogen-bond donors (Lipinski definition) is 2. The van der Waals surface area contributed by atoms with Gasteiger partial charge in [0.15, 0.2) is 0 Å². The Bertz CT molecular complexity index is 1060. The molecule has 3 rings (SSSR count). The van der Waals surface area contributed by atoms with Gasteiger partial charge in [-0.3, -0.25) is 9.59 Å². The molecule has 5 nitrogen and oxygen atoms in total. The fourth-order valence-electron chi connectivity index (χ4n) is 2.49. The van der Waals surface area contributed by atoms with Gasteiger partial charge in [-0.15, -0.1) is 0 Å². The van der Waals surface area contributed by atoms with E-state index in [1.54, 1.807) is 55.5 Å². The van der Waals surface area contributed by atoms with E-state index < -0.39 is 11.7 Å². The molecule has 0 unspecified atom stereocenters. The van der Waals surface area contributed by atoms with E-state index in [-0.39, 0.29) is 5.91 Å². The molecule has 0 spiro atoms. The first-order valence-corrected chi connectivity index (χ1v) is 9.08. The Labute approximate surface area is 172 Å². The second-order valence-corrected chi connectivity index (χ2v) is 6.62. The van der Waals surface area contributed by atoms with Gasteiger partial charge in [0.1, 0.15) is 5.82 Å². The minimum Gasteiger partial charge on any atom is -0.322 e. The van der Waals surface area contributed by atoms with Gasteiger partial charge < -0.3 is 5.32 Å². The van der Waals surface area contributed by atoms with Gasteiger partial charge >= 0.3 is 0 Å². The van der Waals surface area contributed by atoms with Crippen molar-refractivity contribution in [2.45, 2.75) is 6.92 Å². The van der Waals surface area contributed by atoms with E-state index in [1.807, 2.05) is 0 Å². The summed E-state index contributed by atoms with van der Waals surface area (Å²) < 4.78 is 12.9. The molecule has 0 atom stereocenters. The quantitative estimate of drug-likeness (QED) is 0.465. The van der Waals surface area contributed by atoms with Crippen molar-refractivity contribution in [3.63, 3.8) is 0 Å². The molecule has 146 valence electrons. The number of hydrogen-bond acceptors (Lipinski definition) is 3. The van der Waals surface area contributed by atoms with Crippen LogP contribution in [-0.4, -0.2) is 17.5 Å². The van der Waals surface area contributed by atoms with E-state index in [4.69, 9.17) is 11.6 Å². The van der Waals surface area contributed by atoms with E-state index in [2.05, 4.69) is 15.8 Å². The standard InChI is InChI=1S/C22H17ClFN3O2/c1-14(26-27-22(29)16-7-11-19(24)12-8-16)17-3-2-4-20(13-17)25-21(28)15-5-9-18(23)10-6-15/h2-13H,1H3,(H,25,28)(H,27,29)/b26-14-. The summed E-state index contributed by atoms with van der Waals surface area (Å²) in [4.78, 5) is 24.4. The van der Waals surface area contributed by atoms with Crippen LogP contribution in [0, 0.1) is 5.82 Å². The van der Waals surface area contributed by atoms with E-state index in [0.717, 1.165) is 5.56 Å². The average Bonchev–Trinajstić information content (AvgIpc) is 2.73. The van der Waals surface area contributed by atoms with Crippen molar-refractivity contribution in [2.24, 2.45) is 5.10 Å². The number of nitrogens with zero attached hydrogens (tertiary/aromatic N) is 1. The van der Waals surface area contributed by atoms with Gasteiger partial charge in [-0.25, -0.2) is 9.82 Å². The van der Waals surface area contributed by atoms with Gasteiger partial charge in [-0.05, 0) is 73.2 Å². The lowest BCUT2D eigenvalue weighted by atomic mass is 10.1. The van der Waals surface area contributed by atoms with Crippen molar-refractivity contribution < 1.29 is 14.0 Å². The van der Waals surface area contributed by atoms with Crippen LogP contribution in [-0.2, 0) is 0 Å². The number of carbonyl (C=O) groups excluding carboxylic acids is 2. The number of halogens is 2. The lowest BCUT2D eigenvalue weighted by Crippen LogP contribution is -2.19.